The second kappa shape index (κ2) is 15.8. The number of ether oxygens (including phenoxy) is 7. The maximum absolute atomic E-state index is 12.2. The lowest BCUT2D eigenvalue weighted by Gasteiger charge is -2.51. The van der Waals surface area contributed by atoms with Crippen LogP contribution < -0.4 is 5.32 Å². The van der Waals surface area contributed by atoms with E-state index in [0.717, 1.165) is 16.7 Å². The first-order valence-electron chi connectivity index (χ1n) is 15.7. The zero-order valence-corrected chi connectivity index (χ0v) is 25.9. The predicted molar refractivity (Wildman–Crippen MR) is 165 cm³/mol. The lowest BCUT2D eigenvalue weighted by atomic mass is 9.95. The smallest absolute Gasteiger partial charge is 0.217 e. The number of amides is 1. The van der Waals surface area contributed by atoms with Gasteiger partial charge in [0.1, 0.15) is 48.8 Å². The second-order valence-electron chi connectivity index (χ2n) is 11.8. The number of aliphatic hydroxyl groups excluding tert-OH is 3. The quantitative estimate of drug-likeness (QED) is 0.241. The molecule has 11 unspecified atom stereocenters. The van der Waals surface area contributed by atoms with E-state index in [1.807, 2.05) is 91.0 Å². The first-order chi connectivity index (χ1) is 22.9. The van der Waals surface area contributed by atoms with E-state index in [1.54, 1.807) is 0 Å². The van der Waals surface area contributed by atoms with E-state index in [-0.39, 0.29) is 19.8 Å². The van der Waals surface area contributed by atoms with Gasteiger partial charge in [0.2, 0.25) is 5.91 Å². The van der Waals surface area contributed by atoms with Crippen molar-refractivity contribution in [1.29, 1.82) is 0 Å². The van der Waals surface area contributed by atoms with Crippen molar-refractivity contribution < 1.29 is 53.3 Å². The molecule has 6 rings (SSSR count). The highest BCUT2D eigenvalue weighted by atomic mass is 16.8. The molecule has 252 valence electrons. The van der Waals surface area contributed by atoms with Gasteiger partial charge in [-0.2, -0.15) is 0 Å². The summed E-state index contributed by atoms with van der Waals surface area (Å²) < 4.78 is 44.6. The molecule has 12 heteroatoms. The number of aliphatic hydroxyl groups is 3. The summed E-state index contributed by atoms with van der Waals surface area (Å²) in [4.78, 5) is 12.2. The zero-order chi connectivity index (χ0) is 32.8. The molecule has 12 nitrogen and oxygen atoms in total. The number of carbonyl (C=O) groups is 1. The summed E-state index contributed by atoms with van der Waals surface area (Å²) in [5, 5.41) is 34.2. The summed E-state index contributed by atoms with van der Waals surface area (Å²) in [5.74, 6) is -0.479. The van der Waals surface area contributed by atoms with Crippen molar-refractivity contribution in [2.45, 2.75) is 87.8 Å². The number of hydrogen-bond donors (Lipinski definition) is 4. The molecule has 47 heavy (non-hydrogen) atoms. The van der Waals surface area contributed by atoms with Gasteiger partial charge in [-0.25, -0.2) is 0 Å². The minimum absolute atomic E-state index is 0.170. The average molecular weight is 652 g/mol. The first-order valence-corrected chi connectivity index (χ1v) is 15.7. The number of nitrogens with one attached hydrogen (secondary N) is 1. The number of hydrogen-bond acceptors (Lipinski definition) is 11. The van der Waals surface area contributed by atoms with Gasteiger partial charge in [0.15, 0.2) is 18.9 Å². The van der Waals surface area contributed by atoms with Crippen LogP contribution >= 0.6 is 0 Å². The SMILES string of the molecule is CC(=O)NC1C(OC2C(OCc3ccccc3)OC3COC(c4ccccc4)OC3C2OCc2ccccc2)OC(CO)C(O)C1O. The molecule has 3 heterocycles. The van der Waals surface area contributed by atoms with Crippen LogP contribution in [0.4, 0.5) is 0 Å². The molecular weight excluding hydrogens is 610 g/mol. The molecule has 11 atom stereocenters. The Bertz CT molecular complexity index is 1400. The molecule has 0 bridgehead atoms. The van der Waals surface area contributed by atoms with Crippen molar-refractivity contribution >= 4 is 5.91 Å². The van der Waals surface area contributed by atoms with E-state index in [4.69, 9.17) is 33.2 Å². The lowest BCUT2D eigenvalue weighted by Crippen LogP contribution is -2.68. The monoisotopic (exact) mass is 651 g/mol. The number of benzene rings is 3. The highest BCUT2D eigenvalue weighted by Gasteiger charge is 2.55. The molecule has 0 aliphatic carbocycles. The summed E-state index contributed by atoms with van der Waals surface area (Å²) in [5.41, 5.74) is 2.62. The summed E-state index contributed by atoms with van der Waals surface area (Å²) in [7, 11) is 0. The number of carbonyl (C=O) groups excluding carboxylic acids is 1. The van der Waals surface area contributed by atoms with Crippen molar-refractivity contribution in [2.24, 2.45) is 0 Å². The molecule has 3 aliphatic rings. The van der Waals surface area contributed by atoms with E-state index < -0.39 is 80.2 Å². The van der Waals surface area contributed by atoms with Crippen LogP contribution in [0.1, 0.15) is 29.9 Å². The first kappa shape index (κ1) is 33.6. The standard InChI is InChI=1S/C35H41NO11/c1-21(38)36-27-29(40)28(39)25(17-37)44-34(27)47-32-31(41-18-22-11-5-2-6-12-22)30-26(20-43-33(46-30)24-15-9-4-10-16-24)45-35(32)42-19-23-13-7-3-8-14-23/h2-16,25-35,37,39-40H,17-20H2,1H3,(H,36,38). The van der Waals surface area contributed by atoms with Crippen LogP contribution in [-0.2, 0) is 51.2 Å². The number of rotatable bonds is 11. The van der Waals surface area contributed by atoms with Crippen LogP contribution in [-0.4, -0.2) is 95.8 Å². The third kappa shape index (κ3) is 8.07. The third-order valence-electron chi connectivity index (χ3n) is 8.44. The molecule has 3 fully saturated rings. The summed E-state index contributed by atoms with van der Waals surface area (Å²) in [6.07, 6.45) is -10.5. The van der Waals surface area contributed by atoms with E-state index in [9.17, 15) is 20.1 Å². The van der Waals surface area contributed by atoms with E-state index in [0.29, 0.717) is 0 Å². The normalized spacial score (nSPS) is 33.9. The molecule has 3 aliphatic heterocycles. The highest BCUT2D eigenvalue weighted by molar-refractivity contribution is 5.73. The Hall–Kier alpha value is -3.27. The van der Waals surface area contributed by atoms with Crippen molar-refractivity contribution in [3.63, 3.8) is 0 Å². The fourth-order valence-corrected chi connectivity index (χ4v) is 6.06. The second-order valence-corrected chi connectivity index (χ2v) is 11.8. The Morgan fingerprint density at radius 2 is 1.40 bits per heavy atom. The van der Waals surface area contributed by atoms with Gasteiger partial charge in [-0.15, -0.1) is 0 Å². The van der Waals surface area contributed by atoms with E-state index in [2.05, 4.69) is 5.32 Å². The Kier molecular flexibility index (Phi) is 11.3. The maximum atomic E-state index is 12.2. The van der Waals surface area contributed by atoms with E-state index in [1.165, 1.54) is 6.92 Å². The molecule has 3 aromatic carbocycles. The van der Waals surface area contributed by atoms with Crippen LogP contribution in [0.3, 0.4) is 0 Å². The summed E-state index contributed by atoms with van der Waals surface area (Å²) >= 11 is 0. The average Bonchev–Trinajstić information content (AvgIpc) is 3.10. The molecule has 1 amide bonds. The van der Waals surface area contributed by atoms with Crippen LogP contribution in [0.15, 0.2) is 91.0 Å². The molecule has 0 spiro atoms. The Morgan fingerprint density at radius 1 is 0.787 bits per heavy atom. The van der Waals surface area contributed by atoms with Crippen LogP contribution in [0.25, 0.3) is 0 Å². The fraction of sp³-hybridized carbons (Fsp3) is 0.457. The zero-order valence-electron chi connectivity index (χ0n) is 25.9. The lowest BCUT2D eigenvalue weighted by molar-refractivity contribution is -0.393. The van der Waals surface area contributed by atoms with Crippen molar-refractivity contribution in [2.75, 3.05) is 13.2 Å². The van der Waals surface area contributed by atoms with Gasteiger partial charge < -0.3 is 53.8 Å². The fourth-order valence-electron chi connectivity index (χ4n) is 6.06. The molecule has 0 radical (unpaired) electrons. The highest BCUT2D eigenvalue weighted by Crippen LogP contribution is 2.38. The maximum Gasteiger partial charge on any atom is 0.217 e. The van der Waals surface area contributed by atoms with Crippen molar-refractivity contribution in [1.82, 2.24) is 5.32 Å². The Balaban J connectivity index is 1.34. The van der Waals surface area contributed by atoms with Crippen LogP contribution in [0.2, 0.25) is 0 Å². The third-order valence-corrected chi connectivity index (χ3v) is 8.44. The largest absolute Gasteiger partial charge is 0.394 e. The molecule has 4 N–H and O–H groups in total. The van der Waals surface area contributed by atoms with E-state index >= 15 is 0 Å². The van der Waals surface area contributed by atoms with Gasteiger partial charge in [0.05, 0.1) is 26.4 Å². The molecular formula is C35H41NO11. The minimum Gasteiger partial charge on any atom is -0.394 e. The summed E-state index contributed by atoms with van der Waals surface area (Å²) in [6.45, 7) is 1.22. The van der Waals surface area contributed by atoms with Gasteiger partial charge in [-0.05, 0) is 11.1 Å². The summed E-state index contributed by atoms with van der Waals surface area (Å²) in [6, 6.07) is 27.5. The molecule has 3 saturated heterocycles. The van der Waals surface area contributed by atoms with Gasteiger partial charge in [-0.3, -0.25) is 4.79 Å². The molecule has 0 saturated carbocycles. The Labute approximate surface area is 273 Å². The topological polar surface area (TPSA) is 154 Å². The van der Waals surface area contributed by atoms with Crippen molar-refractivity contribution in [3.8, 4) is 0 Å². The Morgan fingerprint density at radius 3 is 2.02 bits per heavy atom. The van der Waals surface area contributed by atoms with Gasteiger partial charge >= 0.3 is 0 Å². The molecule has 3 aromatic rings. The van der Waals surface area contributed by atoms with Gasteiger partial charge in [0, 0.05) is 12.5 Å². The molecule has 0 aromatic heterocycles. The van der Waals surface area contributed by atoms with Crippen LogP contribution in [0.5, 0.6) is 0 Å². The minimum atomic E-state index is -1.51. The predicted octanol–water partition coefficient (Wildman–Crippen LogP) is 1.96. The van der Waals surface area contributed by atoms with Crippen molar-refractivity contribution in [3.05, 3.63) is 108 Å². The van der Waals surface area contributed by atoms with Gasteiger partial charge in [-0.1, -0.05) is 91.0 Å². The number of fused-ring (bicyclic) bond motifs is 1. The van der Waals surface area contributed by atoms with Gasteiger partial charge in [0.25, 0.3) is 0 Å². The van der Waals surface area contributed by atoms with Crippen LogP contribution in [0, 0.1) is 0 Å².